The number of hydrogen-bond acceptors (Lipinski definition) is 1. The van der Waals surface area contributed by atoms with Gasteiger partial charge in [0, 0.05) is 11.4 Å². The summed E-state index contributed by atoms with van der Waals surface area (Å²) in [5, 5.41) is 0.799. The fraction of sp³-hybridized carbons (Fsp3) is 0.464. The van der Waals surface area contributed by atoms with Crippen molar-refractivity contribution in [2.45, 2.75) is 79.6 Å². The summed E-state index contributed by atoms with van der Waals surface area (Å²) in [7, 11) is 0. The van der Waals surface area contributed by atoms with Crippen molar-refractivity contribution in [2.75, 3.05) is 0 Å². The number of aryl methyl sites for hydroxylation is 2. The van der Waals surface area contributed by atoms with Gasteiger partial charge in [0.15, 0.2) is 0 Å². The van der Waals surface area contributed by atoms with Gasteiger partial charge in [-0.2, -0.15) is 0 Å². The van der Waals surface area contributed by atoms with Crippen LogP contribution in [0.5, 0.6) is 0 Å². The van der Waals surface area contributed by atoms with E-state index < -0.39 is 0 Å². The number of hydrogen-bond donors (Lipinski definition) is 0. The van der Waals surface area contributed by atoms with E-state index >= 15 is 0 Å². The van der Waals surface area contributed by atoms with Gasteiger partial charge in [-0.1, -0.05) is 55.3 Å². The SMILES string of the molecule is CC(=O)CCc1ccc(CCC2=C(c3ccc(Cl)cc3)CCC(C)(C)C2)c(C)c1C. The van der Waals surface area contributed by atoms with Crippen LogP contribution in [-0.4, -0.2) is 5.78 Å². The number of rotatable bonds is 7. The summed E-state index contributed by atoms with van der Waals surface area (Å²) in [6.07, 6.45) is 7.20. The van der Waals surface area contributed by atoms with Crippen LogP contribution in [0.25, 0.3) is 5.57 Å². The van der Waals surface area contributed by atoms with E-state index in [1.165, 1.54) is 46.2 Å². The zero-order valence-corrected chi connectivity index (χ0v) is 20.0. The van der Waals surface area contributed by atoms with Crippen molar-refractivity contribution in [1.82, 2.24) is 0 Å². The highest BCUT2D eigenvalue weighted by atomic mass is 35.5. The molecule has 2 aromatic carbocycles. The largest absolute Gasteiger partial charge is 0.300 e. The smallest absolute Gasteiger partial charge is 0.130 e. The van der Waals surface area contributed by atoms with Crippen LogP contribution in [0.3, 0.4) is 0 Å². The molecule has 0 amide bonds. The third-order valence-corrected chi connectivity index (χ3v) is 7.07. The Kier molecular flexibility index (Phi) is 7.24. The Morgan fingerprint density at radius 2 is 1.53 bits per heavy atom. The Labute approximate surface area is 187 Å². The number of ketones is 1. The van der Waals surface area contributed by atoms with Crippen molar-refractivity contribution < 1.29 is 4.79 Å². The lowest BCUT2D eigenvalue weighted by Crippen LogP contribution is -2.18. The summed E-state index contributed by atoms with van der Waals surface area (Å²) in [5.74, 6) is 0.262. The lowest BCUT2D eigenvalue weighted by molar-refractivity contribution is -0.116. The number of Topliss-reactive ketones (excluding diaryl/α,β-unsaturated/α-hetero) is 1. The van der Waals surface area contributed by atoms with E-state index in [2.05, 4.69) is 52.0 Å². The molecule has 0 saturated carbocycles. The van der Waals surface area contributed by atoms with Gasteiger partial charge < -0.3 is 4.79 Å². The fourth-order valence-electron chi connectivity index (χ4n) is 4.72. The Morgan fingerprint density at radius 1 is 0.933 bits per heavy atom. The molecule has 0 N–H and O–H groups in total. The Hall–Kier alpha value is -1.86. The van der Waals surface area contributed by atoms with Crippen LogP contribution in [0, 0.1) is 19.3 Å². The molecule has 1 nitrogen and oxygen atoms in total. The summed E-state index contributed by atoms with van der Waals surface area (Å²) < 4.78 is 0. The minimum atomic E-state index is 0.262. The maximum atomic E-state index is 11.4. The van der Waals surface area contributed by atoms with Crippen LogP contribution >= 0.6 is 11.6 Å². The number of carbonyl (C=O) groups excluding carboxylic acids is 1. The number of allylic oxidation sites excluding steroid dienone is 2. The van der Waals surface area contributed by atoms with Gasteiger partial charge in [-0.05, 0) is 110 Å². The van der Waals surface area contributed by atoms with Gasteiger partial charge in [-0.15, -0.1) is 0 Å². The maximum absolute atomic E-state index is 11.4. The fourth-order valence-corrected chi connectivity index (χ4v) is 4.85. The molecule has 3 rings (SSSR count). The van der Waals surface area contributed by atoms with E-state index in [9.17, 15) is 4.79 Å². The topological polar surface area (TPSA) is 17.1 Å². The second kappa shape index (κ2) is 9.52. The van der Waals surface area contributed by atoms with Gasteiger partial charge in [0.25, 0.3) is 0 Å². The minimum absolute atomic E-state index is 0.262. The van der Waals surface area contributed by atoms with Crippen molar-refractivity contribution >= 4 is 23.0 Å². The normalized spacial score (nSPS) is 16.1. The first kappa shape index (κ1) is 22.8. The summed E-state index contributed by atoms with van der Waals surface area (Å²) in [6, 6.07) is 12.9. The van der Waals surface area contributed by atoms with Crippen molar-refractivity contribution in [3.05, 3.63) is 74.8 Å². The Bertz CT molecular complexity index is 947. The molecule has 0 aromatic heterocycles. The molecule has 1 aliphatic carbocycles. The van der Waals surface area contributed by atoms with Crippen LogP contribution in [-0.2, 0) is 17.6 Å². The van der Waals surface area contributed by atoms with Crippen molar-refractivity contribution in [3.8, 4) is 0 Å². The third-order valence-electron chi connectivity index (χ3n) is 6.82. The molecule has 0 radical (unpaired) electrons. The average Bonchev–Trinajstić information content (AvgIpc) is 2.68. The van der Waals surface area contributed by atoms with Gasteiger partial charge in [0.05, 0.1) is 0 Å². The van der Waals surface area contributed by atoms with Crippen molar-refractivity contribution in [2.24, 2.45) is 5.41 Å². The van der Waals surface area contributed by atoms with Gasteiger partial charge >= 0.3 is 0 Å². The number of halogens is 1. The van der Waals surface area contributed by atoms with Gasteiger partial charge in [0.1, 0.15) is 5.78 Å². The summed E-state index contributed by atoms with van der Waals surface area (Å²) in [5.41, 5.74) is 10.3. The number of carbonyl (C=O) groups is 1. The zero-order valence-electron chi connectivity index (χ0n) is 19.2. The van der Waals surface area contributed by atoms with E-state index in [0.717, 1.165) is 30.7 Å². The standard InChI is InChI=1S/C28H35ClO/c1-19(30)6-7-22-8-9-23(21(3)20(22)2)10-11-25-18-28(4,5)17-16-27(25)24-12-14-26(29)15-13-24/h8-9,12-15H,6-7,10-11,16-18H2,1-5H3. The van der Waals surface area contributed by atoms with Crippen LogP contribution in [0.15, 0.2) is 42.0 Å². The third kappa shape index (κ3) is 5.64. The molecule has 30 heavy (non-hydrogen) atoms. The first-order chi connectivity index (χ1) is 14.2. The van der Waals surface area contributed by atoms with Crippen molar-refractivity contribution in [3.63, 3.8) is 0 Å². The molecule has 2 aromatic rings. The van der Waals surface area contributed by atoms with E-state index in [1.54, 1.807) is 12.5 Å². The van der Waals surface area contributed by atoms with Gasteiger partial charge in [0.2, 0.25) is 0 Å². The molecular weight excluding hydrogens is 388 g/mol. The monoisotopic (exact) mass is 422 g/mol. The molecule has 0 fully saturated rings. The highest BCUT2D eigenvalue weighted by Gasteiger charge is 2.27. The molecule has 0 bridgehead atoms. The van der Waals surface area contributed by atoms with Gasteiger partial charge in [-0.25, -0.2) is 0 Å². The van der Waals surface area contributed by atoms with E-state index in [1.807, 2.05) is 12.1 Å². The quantitative estimate of drug-likeness (QED) is 0.440. The number of benzene rings is 2. The molecule has 0 heterocycles. The predicted molar refractivity (Wildman–Crippen MR) is 129 cm³/mol. The van der Waals surface area contributed by atoms with Gasteiger partial charge in [-0.3, -0.25) is 0 Å². The highest BCUT2D eigenvalue weighted by molar-refractivity contribution is 6.30. The molecular formula is C28H35ClO. The lowest BCUT2D eigenvalue weighted by Gasteiger charge is -2.34. The molecule has 0 saturated heterocycles. The molecule has 160 valence electrons. The second-order valence-corrected chi connectivity index (χ2v) is 10.2. The highest BCUT2D eigenvalue weighted by Crippen LogP contribution is 2.44. The summed E-state index contributed by atoms with van der Waals surface area (Å²) in [6.45, 7) is 10.9. The first-order valence-corrected chi connectivity index (χ1v) is 11.6. The molecule has 0 spiro atoms. The predicted octanol–water partition coefficient (Wildman–Crippen LogP) is 8.07. The van der Waals surface area contributed by atoms with E-state index in [4.69, 9.17) is 11.6 Å². The van der Waals surface area contributed by atoms with Crippen molar-refractivity contribution in [1.29, 1.82) is 0 Å². The maximum Gasteiger partial charge on any atom is 0.130 e. The molecule has 0 unspecified atom stereocenters. The zero-order chi connectivity index (χ0) is 21.9. The summed E-state index contributed by atoms with van der Waals surface area (Å²) in [4.78, 5) is 11.4. The van der Waals surface area contributed by atoms with E-state index in [-0.39, 0.29) is 5.78 Å². The first-order valence-electron chi connectivity index (χ1n) is 11.2. The Balaban J connectivity index is 1.83. The second-order valence-electron chi connectivity index (χ2n) is 9.77. The van der Waals surface area contributed by atoms with Crippen LogP contribution < -0.4 is 0 Å². The minimum Gasteiger partial charge on any atom is -0.300 e. The molecule has 1 aliphatic rings. The lowest BCUT2D eigenvalue weighted by atomic mass is 9.71. The van der Waals surface area contributed by atoms with Crippen LogP contribution in [0.1, 0.15) is 80.7 Å². The summed E-state index contributed by atoms with van der Waals surface area (Å²) >= 11 is 6.12. The molecule has 2 heteroatoms. The Morgan fingerprint density at radius 3 is 2.13 bits per heavy atom. The van der Waals surface area contributed by atoms with E-state index in [0.29, 0.717) is 11.8 Å². The molecule has 0 atom stereocenters. The molecule has 0 aliphatic heterocycles. The van der Waals surface area contributed by atoms with Crippen LogP contribution in [0.2, 0.25) is 5.02 Å². The average molecular weight is 423 g/mol. The van der Waals surface area contributed by atoms with Crippen LogP contribution in [0.4, 0.5) is 0 Å².